The Hall–Kier alpha value is -0.980. The molecule has 1 aliphatic rings. The molecule has 16 heavy (non-hydrogen) atoms. The molecule has 1 aliphatic heterocycles. The molecule has 2 N–H and O–H groups in total. The molecule has 0 bridgehead atoms. The highest BCUT2D eigenvalue weighted by molar-refractivity contribution is 7.39. The average Bonchev–Trinajstić information content (AvgIpc) is 2.91. The average molecular weight is 253 g/mol. The van der Waals surface area contributed by atoms with Gasteiger partial charge < -0.3 is 10.6 Å². The number of amides is 1. The summed E-state index contributed by atoms with van der Waals surface area (Å²) in [6.45, 7) is 0.936. The van der Waals surface area contributed by atoms with Gasteiger partial charge in [0, 0.05) is 0 Å². The van der Waals surface area contributed by atoms with Crippen molar-refractivity contribution in [2.45, 2.75) is 18.9 Å². The van der Waals surface area contributed by atoms with E-state index in [4.69, 9.17) is 0 Å². The number of rotatable bonds is 2. The van der Waals surface area contributed by atoms with Crippen LogP contribution in [0.1, 0.15) is 12.8 Å². The van der Waals surface area contributed by atoms with Crippen LogP contribution < -0.4 is 10.6 Å². The van der Waals surface area contributed by atoms with Gasteiger partial charge in [-0.25, -0.2) is 4.98 Å². The summed E-state index contributed by atoms with van der Waals surface area (Å²) in [6.07, 6.45) is 2.00. The highest BCUT2D eigenvalue weighted by Crippen LogP contribution is 2.30. The molecule has 1 saturated heterocycles. The second-order valence-corrected chi connectivity index (χ2v) is 5.92. The van der Waals surface area contributed by atoms with Gasteiger partial charge in [-0.05, 0) is 30.8 Å². The van der Waals surface area contributed by atoms with E-state index in [1.165, 1.54) is 11.3 Å². The third-order valence-electron chi connectivity index (χ3n) is 2.63. The maximum atomic E-state index is 11.8. The Morgan fingerprint density at radius 2 is 2.56 bits per heavy atom. The van der Waals surface area contributed by atoms with E-state index in [0.29, 0.717) is 5.13 Å². The maximum Gasteiger partial charge on any atom is 0.243 e. The Labute approximate surface area is 101 Å². The first-order valence-electron chi connectivity index (χ1n) is 5.21. The van der Waals surface area contributed by atoms with Crippen molar-refractivity contribution in [1.29, 1.82) is 0 Å². The number of aromatic nitrogens is 1. The Morgan fingerprint density at radius 3 is 3.31 bits per heavy atom. The fourth-order valence-corrected chi connectivity index (χ4v) is 3.66. The number of nitrogens with zero attached hydrogens (tertiary/aromatic N) is 1. The van der Waals surface area contributed by atoms with E-state index in [9.17, 15) is 4.79 Å². The molecule has 0 spiro atoms. The minimum Gasteiger partial charge on any atom is -0.306 e. The van der Waals surface area contributed by atoms with E-state index in [-0.39, 0.29) is 11.9 Å². The molecule has 0 aromatic carbocycles. The molecule has 1 atom stereocenters. The molecule has 4 nitrogen and oxygen atoms in total. The van der Waals surface area contributed by atoms with Crippen LogP contribution in [0.4, 0.5) is 5.13 Å². The molecule has 6 heteroatoms. The zero-order valence-electron chi connectivity index (χ0n) is 8.53. The van der Waals surface area contributed by atoms with Crippen LogP contribution >= 0.6 is 22.7 Å². The van der Waals surface area contributed by atoms with Crippen LogP contribution in [-0.4, -0.2) is 23.5 Å². The summed E-state index contributed by atoms with van der Waals surface area (Å²) < 4.78 is 1.16. The topological polar surface area (TPSA) is 54.0 Å². The number of hydrogen-bond acceptors (Lipinski definition) is 5. The van der Waals surface area contributed by atoms with E-state index in [1.54, 1.807) is 11.3 Å². The number of thiophene rings is 1. The number of carbonyl (C=O) groups excluding carboxylic acids is 1. The summed E-state index contributed by atoms with van der Waals surface area (Å²) in [5.41, 5.74) is 0.977. The molecular formula is C10H11N3OS2. The monoisotopic (exact) mass is 253 g/mol. The van der Waals surface area contributed by atoms with Gasteiger partial charge in [0.1, 0.15) is 4.01 Å². The number of nitrogens with one attached hydrogen (secondary N) is 2. The van der Waals surface area contributed by atoms with Gasteiger partial charge in [-0.3, -0.25) is 4.79 Å². The zero-order chi connectivity index (χ0) is 11.0. The predicted molar refractivity (Wildman–Crippen MR) is 67.2 cm³/mol. The van der Waals surface area contributed by atoms with Crippen molar-refractivity contribution < 1.29 is 4.79 Å². The number of fused-ring (bicyclic) bond motifs is 1. The van der Waals surface area contributed by atoms with Gasteiger partial charge in [0.15, 0.2) is 5.13 Å². The first-order chi connectivity index (χ1) is 7.83. The van der Waals surface area contributed by atoms with Crippen LogP contribution in [-0.2, 0) is 4.79 Å². The van der Waals surface area contributed by atoms with Crippen LogP contribution in [0.15, 0.2) is 11.4 Å². The highest BCUT2D eigenvalue weighted by Gasteiger charge is 2.22. The number of hydrogen-bond donors (Lipinski definition) is 2. The van der Waals surface area contributed by atoms with Gasteiger partial charge in [0.05, 0.1) is 11.6 Å². The van der Waals surface area contributed by atoms with Crippen molar-refractivity contribution in [3.63, 3.8) is 0 Å². The van der Waals surface area contributed by atoms with E-state index in [0.717, 1.165) is 28.9 Å². The minimum atomic E-state index is -0.0399. The van der Waals surface area contributed by atoms with Crippen molar-refractivity contribution in [2.24, 2.45) is 0 Å². The van der Waals surface area contributed by atoms with E-state index in [2.05, 4.69) is 15.6 Å². The molecule has 0 radical (unpaired) electrons. The Kier molecular flexibility index (Phi) is 2.62. The maximum absolute atomic E-state index is 11.8. The molecule has 0 aliphatic carbocycles. The van der Waals surface area contributed by atoms with Gasteiger partial charge in [0.25, 0.3) is 0 Å². The molecule has 3 rings (SSSR count). The first kappa shape index (κ1) is 10.2. The van der Waals surface area contributed by atoms with Gasteiger partial charge in [-0.1, -0.05) is 11.3 Å². The second kappa shape index (κ2) is 4.12. The Bertz CT molecular complexity index is 484. The molecule has 0 saturated carbocycles. The molecule has 1 fully saturated rings. The summed E-state index contributed by atoms with van der Waals surface area (Å²) in [4.78, 5) is 16.2. The normalized spacial score (nSPS) is 20.4. The van der Waals surface area contributed by atoms with Gasteiger partial charge in [-0.2, -0.15) is 0 Å². The molecule has 1 amide bonds. The second-order valence-electron chi connectivity index (χ2n) is 3.75. The van der Waals surface area contributed by atoms with E-state index < -0.39 is 0 Å². The lowest BCUT2D eigenvalue weighted by atomic mass is 10.2. The lowest BCUT2D eigenvalue weighted by Gasteiger charge is -2.08. The fraction of sp³-hybridized carbons (Fsp3) is 0.400. The van der Waals surface area contributed by atoms with E-state index >= 15 is 0 Å². The van der Waals surface area contributed by atoms with Crippen LogP contribution in [0.2, 0.25) is 0 Å². The molecule has 2 aromatic heterocycles. The summed E-state index contributed by atoms with van der Waals surface area (Å²) in [5.74, 6) is 0.0407. The molecule has 1 unspecified atom stereocenters. The predicted octanol–water partition coefficient (Wildman–Crippen LogP) is 2.05. The van der Waals surface area contributed by atoms with Gasteiger partial charge >= 0.3 is 0 Å². The lowest BCUT2D eigenvalue weighted by molar-refractivity contribution is -0.117. The summed E-state index contributed by atoms with van der Waals surface area (Å²) in [6, 6.07) is 1.93. The lowest BCUT2D eigenvalue weighted by Crippen LogP contribution is -2.35. The molecule has 3 heterocycles. The summed E-state index contributed by atoms with van der Waals surface area (Å²) in [5, 5.41) is 8.76. The first-order valence-corrected chi connectivity index (χ1v) is 6.91. The van der Waals surface area contributed by atoms with E-state index in [1.807, 2.05) is 11.4 Å². The van der Waals surface area contributed by atoms with Crippen LogP contribution in [0.3, 0.4) is 0 Å². The number of anilines is 1. The minimum absolute atomic E-state index is 0.0399. The largest absolute Gasteiger partial charge is 0.306 e. The van der Waals surface area contributed by atoms with Crippen molar-refractivity contribution in [3.8, 4) is 0 Å². The molecule has 2 aromatic rings. The van der Waals surface area contributed by atoms with Crippen molar-refractivity contribution >= 4 is 43.2 Å². The fourth-order valence-electron chi connectivity index (χ4n) is 1.82. The number of carbonyl (C=O) groups is 1. The third-order valence-corrected chi connectivity index (χ3v) is 4.64. The van der Waals surface area contributed by atoms with Crippen molar-refractivity contribution in [1.82, 2.24) is 10.3 Å². The Balaban J connectivity index is 1.74. The van der Waals surface area contributed by atoms with Gasteiger partial charge in [-0.15, -0.1) is 11.3 Å². The highest BCUT2D eigenvalue weighted by atomic mass is 32.2. The van der Waals surface area contributed by atoms with Crippen LogP contribution in [0.5, 0.6) is 0 Å². The van der Waals surface area contributed by atoms with Gasteiger partial charge in [0.2, 0.25) is 5.91 Å². The quantitative estimate of drug-likeness (QED) is 0.861. The van der Waals surface area contributed by atoms with Crippen LogP contribution in [0, 0.1) is 0 Å². The number of thiazole rings is 1. The van der Waals surface area contributed by atoms with Crippen molar-refractivity contribution in [2.75, 3.05) is 11.9 Å². The standard InChI is InChI=1S/C10H11N3OS2/c14-8(6-2-1-4-11-6)13-10-12-7-3-5-15-9(7)16-10/h3,5-6,11H,1-2,4H2,(H,12,13,14). The smallest absolute Gasteiger partial charge is 0.243 e. The third kappa shape index (κ3) is 1.83. The Morgan fingerprint density at radius 1 is 1.62 bits per heavy atom. The molecular weight excluding hydrogens is 242 g/mol. The van der Waals surface area contributed by atoms with Crippen molar-refractivity contribution in [3.05, 3.63) is 11.4 Å². The summed E-state index contributed by atoms with van der Waals surface area (Å²) in [7, 11) is 0. The van der Waals surface area contributed by atoms with Crippen LogP contribution in [0.25, 0.3) is 9.53 Å². The SMILES string of the molecule is O=C(Nc1nc2ccsc2s1)C1CCCN1. The summed E-state index contributed by atoms with van der Waals surface area (Å²) >= 11 is 3.20. The molecule has 84 valence electrons. The zero-order valence-corrected chi connectivity index (χ0v) is 10.2.